The zero-order valence-electron chi connectivity index (χ0n) is 9.85. The predicted octanol–water partition coefficient (Wildman–Crippen LogP) is 1.03. The summed E-state index contributed by atoms with van der Waals surface area (Å²) in [5.41, 5.74) is 1.11. The summed E-state index contributed by atoms with van der Waals surface area (Å²) >= 11 is 0. The van der Waals surface area contributed by atoms with E-state index in [0.717, 1.165) is 0 Å². The Kier molecular flexibility index (Phi) is 2.67. The molecule has 0 aliphatic carbocycles. The number of nitrogens with zero attached hydrogens (tertiary/aromatic N) is 2. The molecule has 0 aromatic carbocycles. The molecule has 5 nitrogen and oxygen atoms in total. The molecule has 0 fully saturated rings. The van der Waals surface area contributed by atoms with Crippen LogP contribution in [0, 0.1) is 6.92 Å². The van der Waals surface area contributed by atoms with Crippen LogP contribution in [0.3, 0.4) is 0 Å². The van der Waals surface area contributed by atoms with E-state index in [4.69, 9.17) is 4.74 Å². The molecular formula is C12H12N2O3. The minimum absolute atomic E-state index is 0.168. The summed E-state index contributed by atoms with van der Waals surface area (Å²) in [7, 11) is 2.93. The van der Waals surface area contributed by atoms with Gasteiger partial charge in [0.2, 0.25) is 0 Å². The van der Waals surface area contributed by atoms with Crippen molar-refractivity contribution in [2.24, 2.45) is 7.05 Å². The monoisotopic (exact) mass is 232 g/mol. The van der Waals surface area contributed by atoms with Crippen molar-refractivity contribution < 1.29 is 9.53 Å². The van der Waals surface area contributed by atoms with Crippen molar-refractivity contribution in [1.82, 2.24) is 9.55 Å². The van der Waals surface area contributed by atoms with Crippen LogP contribution in [0.5, 0.6) is 0 Å². The van der Waals surface area contributed by atoms with Gasteiger partial charge in [-0.15, -0.1) is 0 Å². The Labute approximate surface area is 97.7 Å². The summed E-state index contributed by atoms with van der Waals surface area (Å²) in [6.07, 6.45) is 1.55. The smallest absolute Gasteiger partial charge is 0.341 e. The Morgan fingerprint density at radius 1 is 1.47 bits per heavy atom. The molecule has 0 radical (unpaired) electrons. The molecule has 2 heterocycles. The molecule has 0 saturated heterocycles. The van der Waals surface area contributed by atoms with Gasteiger partial charge in [0.15, 0.2) is 0 Å². The van der Waals surface area contributed by atoms with E-state index in [9.17, 15) is 9.59 Å². The number of methoxy groups -OCH3 is 1. The van der Waals surface area contributed by atoms with Gasteiger partial charge in [0.1, 0.15) is 5.56 Å². The van der Waals surface area contributed by atoms with Gasteiger partial charge in [0, 0.05) is 18.9 Å². The number of carbonyl (C=O) groups excluding carboxylic acids is 1. The van der Waals surface area contributed by atoms with Gasteiger partial charge >= 0.3 is 5.97 Å². The van der Waals surface area contributed by atoms with Crippen LogP contribution < -0.4 is 5.56 Å². The average molecular weight is 232 g/mol. The SMILES string of the molecule is COC(=O)c1c(C)n(C)c(=O)c2cccnc12. The maximum Gasteiger partial charge on any atom is 0.341 e. The van der Waals surface area contributed by atoms with E-state index in [1.54, 1.807) is 32.3 Å². The quantitative estimate of drug-likeness (QED) is 0.689. The van der Waals surface area contributed by atoms with Gasteiger partial charge in [-0.25, -0.2) is 4.79 Å². The molecule has 0 unspecified atom stereocenters. The lowest BCUT2D eigenvalue weighted by molar-refractivity contribution is 0.0601. The van der Waals surface area contributed by atoms with Gasteiger partial charge in [-0.2, -0.15) is 0 Å². The second-order valence-electron chi connectivity index (χ2n) is 3.72. The molecule has 2 rings (SSSR count). The Balaban J connectivity index is 3.01. The number of ether oxygens (including phenoxy) is 1. The third kappa shape index (κ3) is 1.60. The van der Waals surface area contributed by atoms with Crippen molar-refractivity contribution >= 4 is 16.9 Å². The maximum atomic E-state index is 12.0. The predicted molar refractivity (Wildman–Crippen MR) is 63.1 cm³/mol. The Bertz CT molecular complexity index is 659. The molecule has 0 aliphatic rings. The van der Waals surface area contributed by atoms with Crippen LogP contribution in [0.15, 0.2) is 23.1 Å². The van der Waals surface area contributed by atoms with Crippen molar-refractivity contribution in [3.63, 3.8) is 0 Å². The zero-order valence-corrected chi connectivity index (χ0v) is 9.85. The molecule has 0 bridgehead atoms. The first-order valence-electron chi connectivity index (χ1n) is 5.10. The molecule has 2 aromatic heterocycles. The molecular weight excluding hydrogens is 220 g/mol. The Hall–Kier alpha value is -2.17. The topological polar surface area (TPSA) is 61.2 Å². The molecule has 0 N–H and O–H groups in total. The fourth-order valence-electron chi connectivity index (χ4n) is 1.80. The van der Waals surface area contributed by atoms with Crippen molar-refractivity contribution in [2.45, 2.75) is 6.92 Å². The van der Waals surface area contributed by atoms with Crippen LogP contribution in [-0.2, 0) is 11.8 Å². The molecule has 17 heavy (non-hydrogen) atoms. The second kappa shape index (κ2) is 4.01. The fourth-order valence-corrected chi connectivity index (χ4v) is 1.80. The molecule has 88 valence electrons. The third-order valence-corrected chi connectivity index (χ3v) is 2.83. The highest BCUT2D eigenvalue weighted by atomic mass is 16.5. The normalized spacial score (nSPS) is 10.5. The van der Waals surface area contributed by atoms with Crippen LogP contribution >= 0.6 is 0 Å². The molecule has 0 spiro atoms. The summed E-state index contributed by atoms with van der Waals surface area (Å²) in [5, 5.41) is 0.418. The van der Waals surface area contributed by atoms with Crippen molar-refractivity contribution in [3.05, 3.63) is 39.9 Å². The lowest BCUT2D eigenvalue weighted by Gasteiger charge is -2.11. The van der Waals surface area contributed by atoms with Gasteiger partial charge in [-0.1, -0.05) is 0 Å². The van der Waals surface area contributed by atoms with Crippen molar-refractivity contribution in [2.75, 3.05) is 7.11 Å². The number of aromatic nitrogens is 2. The highest BCUT2D eigenvalue weighted by Gasteiger charge is 2.19. The lowest BCUT2D eigenvalue weighted by atomic mass is 10.1. The van der Waals surface area contributed by atoms with E-state index < -0.39 is 5.97 Å². The third-order valence-electron chi connectivity index (χ3n) is 2.83. The number of pyridine rings is 2. The number of carbonyl (C=O) groups is 1. The molecule has 2 aromatic rings. The van der Waals surface area contributed by atoms with E-state index in [-0.39, 0.29) is 5.56 Å². The summed E-state index contributed by atoms with van der Waals surface area (Å²) in [6.45, 7) is 1.70. The van der Waals surface area contributed by atoms with Crippen LogP contribution in [0.1, 0.15) is 16.1 Å². The second-order valence-corrected chi connectivity index (χ2v) is 3.72. The number of fused-ring (bicyclic) bond motifs is 1. The van der Waals surface area contributed by atoms with E-state index in [1.165, 1.54) is 11.7 Å². The molecule has 0 saturated carbocycles. The van der Waals surface area contributed by atoms with Gasteiger partial charge in [0.05, 0.1) is 18.0 Å². The largest absolute Gasteiger partial charge is 0.465 e. The first-order chi connectivity index (χ1) is 8.07. The molecule has 5 heteroatoms. The number of hydrogen-bond acceptors (Lipinski definition) is 4. The number of esters is 1. The standard InChI is InChI=1S/C12H12N2O3/c1-7-9(12(16)17-3)10-8(5-4-6-13-10)11(15)14(7)2/h4-6H,1-3H3. The van der Waals surface area contributed by atoms with E-state index in [2.05, 4.69) is 4.98 Å². The molecule has 0 amide bonds. The first kappa shape index (κ1) is 11.3. The first-order valence-corrected chi connectivity index (χ1v) is 5.10. The number of hydrogen-bond donors (Lipinski definition) is 0. The highest BCUT2D eigenvalue weighted by Crippen LogP contribution is 2.17. The van der Waals surface area contributed by atoms with Crippen LogP contribution in [0.25, 0.3) is 10.9 Å². The van der Waals surface area contributed by atoms with Gasteiger partial charge in [0.25, 0.3) is 5.56 Å². The Morgan fingerprint density at radius 2 is 2.18 bits per heavy atom. The zero-order chi connectivity index (χ0) is 12.6. The van der Waals surface area contributed by atoms with E-state index in [1.807, 2.05) is 0 Å². The molecule has 0 aliphatic heterocycles. The van der Waals surface area contributed by atoms with E-state index in [0.29, 0.717) is 22.2 Å². The number of rotatable bonds is 1. The minimum atomic E-state index is -0.484. The van der Waals surface area contributed by atoms with Crippen LogP contribution in [0.4, 0.5) is 0 Å². The van der Waals surface area contributed by atoms with Gasteiger partial charge < -0.3 is 9.30 Å². The lowest BCUT2D eigenvalue weighted by Crippen LogP contribution is -2.23. The summed E-state index contributed by atoms with van der Waals surface area (Å²) in [4.78, 5) is 27.8. The average Bonchev–Trinajstić information content (AvgIpc) is 2.36. The fraction of sp³-hybridized carbons (Fsp3) is 0.250. The van der Waals surface area contributed by atoms with Gasteiger partial charge in [-0.05, 0) is 19.1 Å². The van der Waals surface area contributed by atoms with Crippen LogP contribution in [0.2, 0.25) is 0 Å². The van der Waals surface area contributed by atoms with Gasteiger partial charge in [-0.3, -0.25) is 9.78 Å². The summed E-state index contributed by atoms with van der Waals surface area (Å²) < 4.78 is 6.15. The van der Waals surface area contributed by atoms with Crippen LogP contribution in [-0.4, -0.2) is 22.6 Å². The van der Waals surface area contributed by atoms with E-state index >= 15 is 0 Å². The van der Waals surface area contributed by atoms with Crippen molar-refractivity contribution in [1.29, 1.82) is 0 Å². The maximum absolute atomic E-state index is 12.0. The summed E-state index contributed by atoms with van der Waals surface area (Å²) in [6, 6.07) is 3.32. The highest BCUT2D eigenvalue weighted by molar-refractivity contribution is 6.03. The van der Waals surface area contributed by atoms with Crippen molar-refractivity contribution in [3.8, 4) is 0 Å². The minimum Gasteiger partial charge on any atom is -0.465 e. The molecule has 0 atom stereocenters. The Morgan fingerprint density at radius 3 is 2.82 bits per heavy atom. The summed E-state index contributed by atoms with van der Waals surface area (Å²) in [5.74, 6) is -0.484.